The van der Waals surface area contributed by atoms with Gasteiger partial charge in [0.05, 0.1) is 6.61 Å². The van der Waals surface area contributed by atoms with E-state index in [1.807, 2.05) is 18.9 Å². The highest BCUT2D eigenvalue weighted by Crippen LogP contribution is 2.24. The lowest BCUT2D eigenvalue weighted by Gasteiger charge is -2.26. The van der Waals surface area contributed by atoms with Gasteiger partial charge in [-0.05, 0) is 25.1 Å². The lowest BCUT2D eigenvalue weighted by molar-refractivity contribution is 0.112. The Hall–Kier alpha value is -1.06. The van der Waals surface area contributed by atoms with E-state index in [0.29, 0.717) is 10.6 Å². The number of halogens is 1. The monoisotopic (exact) mass is 227 g/mol. The summed E-state index contributed by atoms with van der Waals surface area (Å²) in [5.74, 6) is 0. The highest BCUT2D eigenvalue weighted by molar-refractivity contribution is 6.31. The van der Waals surface area contributed by atoms with Crippen LogP contribution in [0.25, 0.3) is 0 Å². The van der Waals surface area contributed by atoms with Gasteiger partial charge < -0.3 is 10.0 Å². The van der Waals surface area contributed by atoms with Gasteiger partial charge in [0.15, 0.2) is 6.29 Å². The van der Waals surface area contributed by atoms with Gasteiger partial charge in [-0.25, -0.2) is 0 Å². The molecule has 0 aliphatic carbocycles. The topological polar surface area (TPSA) is 40.5 Å². The van der Waals surface area contributed by atoms with Gasteiger partial charge in [-0.2, -0.15) is 0 Å². The lowest BCUT2D eigenvalue weighted by Crippen LogP contribution is -2.32. The molecule has 1 atom stereocenters. The minimum atomic E-state index is -0.0535. The second-order valence-electron chi connectivity index (χ2n) is 3.46. The molecule has 0 heterocycles. The average molecular weight is 228 g/mol. The van der Waals surface area contributed by atoms with E-state index in [0.717, 1.165) is 12.0 Å². The summed E-state index contributed by atoms with van der Waals surface area (Å²) in [6.45, 7) is 1.90. The van der Waals surface area contributed by atoms with Crippen molar-refractivity contribution in [1.29, 1.82) is 0 Å². The van der Waals surface area contributed by atoms with E-state index < -0.39 is 0 Å². The molecule has 15 heavy (non-hydrogen) atoms. The van der Waals surface area contributed by atoms with Crippen LogP contribution in [0.15, 0.2) is 18.2 Å². The van der Waals surface area contributed by atoms with Gasteiger partial charge in [-0.15, -0.1) is 0 Å². The van der Waals surface area contributed by atoms with E-state index in [-0.39, 0.29) is 12.6 Å². The number of carbonyl (C=O) groups excluding carboxylic acids is 1. The lowest BCUT2D eigenvalue weighted by atomic mass is 10.1. The van der Waals surface area contributed by atoms with E-state index in [1.165, 1.54) is 0 Å². The standard InChI is InChI=1S/C11H14ClNO2/c1-8(6-14)13(2)11-5-10(12)4-3-9(11)7-15/h3-5,7-8,14H,6H2,1-2H3. The SMILES string of the molecule is CC(CO)N(C)c1cc(Cl)ccc1C=O. The number of likely N-dealkylation sites (N-methyl/N-ethyl adjacent to an activating group) is 1. The first kappa shape index (κ1) is 12.0. The number of carbonyl (C=O) groups is 1. The molecule has 0 aromatic heterocycles. The Kier molecular flexibility index (Phi) is 4.12. The fraction of sp³-hybridized carbons (Fsp3) is 0.364. The van der Waals surface area contributed by atoms with Crippen LogP contribution >= 0.6 is 11.6 Å². The number of hydrogen-bond donors (Lipinski definition) is 1. The summed E-state index contributed by atoms with van der Waals surface area (Å²) in [6, 6.07) is 5.01. The van der Waals surface area contributed by atoms with Gasteiger partial charge in [0.25, 0.3) is 0 Å². The molecule has 0 spiro atoms. The van der Waals surface area contributed by atoms with Crippen molar-refractivity contribution < 1.29 is 9.90 Å². The summed E-state index contributed by atoms with van der Waals surface area (Å²) in [5.41, 5.74) is 1.31. The molecule has 82 valence electrons. The summed E-state index contributed by atoms with van der Waals surface area (Å²) in [5, 5.41) is 9.61. The van der Waals surface area contributed by atoms with Crippen molar-refractivity contribution in [2.45, 2.75) is 13.0 Å². The van der Waals surface area contributed by atoms with Crippen molar-refractivity contribution in [1.82, 2.24) is 0 Å². The molecule has 1 rings (SSSR count). The normalized spacial score (nSPS) is 12.3. The summed E-state index contributed by atoms with van der Waals surface area (Å²) in [7, 11) is 1.82. The number of aldehydes is 1. The highest BCUT2D eigenvalue weighted by Gasteiger charge is 2.12. The van der Waals surface area contributed by atoms with Crippen LogP contribution in [-0.4, -0.2) is 31.1 Å². The molecule has 0 saturated carbocycles. The number of rotatable bonds is 4. The molecule has 1 aromatic rings. The van der Waals surface area contributed by atoms with Gasteiger partial charge in [0, 0.05) is 29.4 Å². The van der Waals surface area contributed by atoms with E-state index in [4.69, 9.17) is 16.7 Å². The molecule has 1 aromatic carbocycles. The van der Waals surface area contributed by atoms with Gasteiger partial charge in [0.2, 0.25) is 0 Å². The molecule has 1 unspecified atom stereocenters. The molecule has 0 radical (unpaired) electrons. The molecule has 0 aliphatic rings. The quantitative estimate of drug-likeness (QED) is 0.800. The van der Waals surface area contributed by atoms with Crippen LogP contribution in [0.3, 0.4) is 0 Å². The summed E-state index contributed by atoms with van der Waals surface area (Å²) >= 11 is 5.86. The van der Waals surface area contributed by atoms with Crippen LogP contribution in [0.1, 0.15) is 17.3 Å². The fourth-order valence-corrected chi connectivity index (χ4v) is 1.45. The first-order valence-electron chi connectivity index (χ1n) is 4.68. The summed E-state index contributed by atoms with van der Waals surface area (Å²) in [4.78, 5) is 12.7. The maximum Gasteiger partial charge on any atom is 0.152 e. The van der Waals surface area contributed by atoms with Crippen LogP contribution in [-0.2, 0) is 0 Å². The molecule has 1 N–H and O–H groups in total. The number of aliphatic hydroxyl groups is 1. The first-order valence-corrected chi connectivity index (χ1v) is 5.06. The molecule has 3 nitrogen and oxygen atoms in total. The molecule has 4 heteroatoms. The zero-order valence-corrected chi connectivity index (χ0v) is 9.53. The van der Waals surface area contributed by atoms with Crippen LogP contribution in [0, 0.1) is 0 Å². The molecule has 0 amide bonds. The number of anilines is 1. The number of aliphatic hydroxyl groups excluding tert-OH is 1. The third-order valence-electron chi connectivity index (χ3n) is 2.42. The minimum absolute atomic E-state index is 0.0291. The van der Waals surface area contributed by atoms with Crippen LogP contribution in [0.5, 0.6) is 0 Å². The maximum atomic E-state index is 10.8. The Morgan fingerprint density at radius 3 is 2.80 bits per heavy atom. The zero-order valence-electron chi connectivity index (χ0n) is 8.77. The smallest absolute Gasteiger partial charge is 0.152 e. The predicted molar refractivity (Wildman–Crippen MR) is 61.8 cm³/mol. The minimum Gasteiger partial charge on any atom is -0.394 e. The first-order chi connectivity index (χ1) is 7.10. The molecule has 0 saturated heterocycles. The van der Waals surface area contributed by atoms with E-state index in [9.17, 15) is 4.79 Å². The van der Waals surface area contributed by atoms with E-state index in [2.05, 4.69) is 0 Å². The Bertz CT molecular complexity index is 354. The van der Waals surface area contributed by atoms with Gasteiger partial charge >= 0.3 is 0 Å². The second-order valence-corrected chi connectivity index (χ2v) is 3.90. The van der Waals surface area contributed by atoms with Gasteiger partial charge in [-0.1, -0.05) is 11.6 Å². The van der Waals surface area contributed by atoms with Gasteiger partial charge in [0.1, 0.15) is 0 Å². The Morgan fingerprint density at radius 1 is 1.60 bits per heavy atom. The van der Waals surface area contributed by atoms with Crippen molar-refractivity contribution >= 4 is 23.6 Å². The Balaban J connectivity index is 3.10. The number of nitrogens with zero attached hydrogens (tertiary/aromatic N) is 1. The zero-order chi connectivity index (χ0) is 11.4. The second kappa shape index (κ2) is 5.14. The molecular weight excluding hydrogens is 214 g/mol. The summed E-state index contributed by atoms with van der Waals surface area (Å²) in [6.07, 6.45) is 0.784. The van der Waals surface area contributed by atoms with Crippen molar-refractivity contribution in [2.75, 3.05) is 18.6 Å². The highest BCUT2D eigenvalue weighted by atomic mass is 35.5. The number of benzene rings is 1. The van der Waals surface area contributed by atoms with E-state index >= 15 is 0 Å². The molecule has 0 fully saturated rings. The van der Waals surface area contributed by atoms with Crippen molar-refractivity contribution in [3.05, 3.63) is 28.8 Å². The van der Waals surface area contributed by atoms with Crippen molar-refractivity contribution in [3.8, 4) is 0 Å². The molecular formula is C11H14ClNO2. The maximum absolute atomic E-state index is 10.8. The third kappa shape index (κ3) is 2.70. The Morgan fingerprint density at radius 2 is 2.27 bits per heavy atom. The third-order valence-corrected chi connectivity index (χ3v) is 2.66. The van der Waals surface area contributed by atoms with Crippen LogP contribution < -0.4 is 4.90 Å². The van der Waals surface area contributed by atoms with Gasteiger partial charge in [-0.3, -0.25) is 4.79 Å². The van der Waals surface area contributed by atoms with Crippen molar-refractivity contribution in [3.63, 3.8) is 0 Å². The van der Waals surface area contributed by atoms with E-state index in [1.54, 1.807) is 18.2 Å². The van der Waals surface area contributed by atoms with Crippen molar-refractivity contribution in [2.24, 2.45) is 0 Å². The van der Waals surface area contributed by atoms with Crippen LogP contribution in [0.4, 0.5) is 5.69 Å². The largest absolute Gasteiger partial charge is 0.394 e. The Labute approximate surface area is 94.3 Å². The predicted octanol–water partition coefficient (Wildman–Crippen LogP) is 1.97. The fourth-order valence-electron chi connectivity index (χ4n) is 1.28. The van der Waals surface area contributed by atoms with Crippen LogP contribution in [0.2, 0.25) is 5.02 Å². The molecule has 0 bridgehead atoms. The molecule has 0 aliphatic heterocycles. The average Bonchev–Trinajstić information content (AvgIpc) is 2.27. The number of hydrogen-bond acceptors (Lipinski definition) is 3. The summed E-state index contributed by atoms with van der Waals surface area (Å²) < 4.78 is 0.